The smallest absolute Gasteiger partial charge is 0.0831 e. The molecule has 1 saturated heterocycles. The summed E-state index contributed by atoms with van der Waals surface area (Å²) < 4.78 is 0. The fraction of sp³-hybridized carbons (Fsp3) is 1.00. The molecule has 0 radical (unpaired) electrons. The van der Waals surface area contributed by atoms with E-state index in [9.17, 15) is 5.11 Å². The largest absolute Gasteiger partial charge is 0.390 e. The molecule has 0 aromatic heterocycles. The quantitative estimate of drug-likeness (QED) is 0.629. The van der Waals surface area contributed by atoms with Gasteiger partial charge >= 0.3 is 0 Å². The van der Waals surface area contributed by atoms with Gasteiger partial charge in [-0.25, -0.2) is 0 Å². The first-order valence-electron chi connectivity index (χ1n) is 4.92. The van der Waals surface area contributed by atoms with Crippen LogP contribution < -0.4 is 5.32 Å². The molecule has 1 aliphatic heterocycles. The summed E-state index contributed by atoms with van der Waals surface area (Å²) in [5, 5.41) is 12.8. The third kappa shape index (κ3) is 2.19. The van der Waals surface area contributed by atoms with E-state index in [2.05, 4.69) is 24.1 Å². The Morgan fingerprint density at radius 3 is 2.58 bits per heavy atom. The predicted octanol–water partition coefficient (Wildman–Crippen LogP) is 0.0510. The summed E-state index contributed by atoms with van der Waals surface area (Å²) in [5.41, 5.74) is 0. The van der Waals surface area contributed by atoms with Gasteiger partial charge in [0.1, 0.15) is 0 Å². The Balaban J connectivity index is 2.41. The van der Waals surface area contributed by atoms with Crippen LogP contribution in [0.4, 0.5) is 0 Å². The van der Waals surface area contributed by atoms with E-state index in [0.717, 1.165) is 32.6 Å². The van der Waals surface area contributed by atoms with Crippen molar-refractivity contribution >= 4 is 0 Å². The summed E-state index contributed by atoms with van der Waals surface area (Å²) in [7, 11) is 0. The zero-order valence-electron chi connectivity index (χ0n) is 8.08. The summed E-state index contributed by atoms with van der Waals surface area (Å²) in [6, 6.07) is 0.343. The van der Waals surface area contributed by atoms with Crippen molar-refractivity contribution in [2.24, 2.45) is 0 Å². The van der Waals surface area contributed by atoms with E-state index in [-0.39, 0.29) is 6.10 Å². The minimum Gasteiger partial charge on any atom is -0.390 e. The van der Waals surface area contributed by atoms with Crippen LogP contribution in [0.2, 0.25) is 0 Å². The SMILES string of the molecule is CCCN(CC)C1CNCC1O. The number of likely N-dealkylation sites (N-methyl/N-ethyl adjacent to an activating group) is 1. The predicted molar refractivity (Wildman–Crippen MR) is 50.2 cm³/mol. The molecule has 3 heteroatoms. The van der Waals surface area contributed by atoms with Crippen LogP contribution in [-0.4, -0.2) is 48.3 Å². The van der Waals surface area contributed by atoms with Gasteiger partial charge in [0.25, 0.3) is 0 Å². The van der Waals surface area contributed by atoms with Gasteiger partial charge in [-0.1, -0.05) is 13.8 Å². The first-order chi connectivity index (χ1) is 5.79. The average molecular weight is 172 g/mol. The minimum atomic E-state index is -0.170. The Bertz CT molecular complexity index is 130. The first kappa shape index (κ1) is 9.96. The zero-order valence-corrected chi connectivity index (χ0v) is 8.08. The van der Waals surface area contributed by atoms with Crippen molar-refractivity contribution in [1.29, 1.82) is 0 Å². The van der Waals surface area contributed by atoms with Crippen molar-refractivity contribution in [2.75, 3.05) is 26.2 Å². The highest BCUT2D eigenvalue weighted by molar-refractivity contribution is 4.87. The standard InChI is InChI=1S/C9H20N2O/c1-3-5-11(4-2)8-6-10-7-9(8)12/h8-10,12H,3-7H2,1-2H3. The lowest BCUT2D eigenvalue weighted by Crippen LogP contribution is -2.43. The molecule has 0 aliphatic carbocycles. The molecule has 1 fully saturated rings. The fourth-order valence-electron chi connectivity index (χ4n) is 1.87. The Labute approximate surface area is 74.8 Å². The van der Waals surface area contributed by atoms with Crippen molar-refractivity contribution in [3.63, 3.8) is 0 Å². The molecular weight excluding hydrogens is 152 g/mol. The number of aliphatic hydroxyl groups excluding tert-OH is 1. The average Bonchev–Trinajstić information content (AvgIpc) is 2.47. The molecule has 12 heavy (non-hydrogen) atoms. The molecule has 0 bridgehead atoms. The van der Waals surface area contributed by atoms with Crippen LogP contribution in [0.1, 0.15) is 20.3 Å². The van der Waals surface area contributed by atoms with Gasteiger partial charge in [0.2, 0.25) is 0 Å². The number of hydrogen-bond acceptors (Lipinski definition) is 3. The van der Waals surface area contributed by atoms with Crippen LogP contribution in [0.15, 0.2) is 0 Å². The van der Waals surface area contributed by atoms with Crippen LogP contribution in [0.5, 0.6) is 0 Å². The first-order valence-corrected chi connectivity index (χ1v) is 4.92. The number of nitrogens with one attached hydrogen (secondary N) is 1. The lowest BCUT2D eigenvalue weighted by atomic mass is 10.2. The van der Waals surface area contributed by atoms with Crippen LogP contribution in [0.25, 0.3) is 0 Å². The highest BCUT2D eigenvalue weighted by Crippen LogP contribution is 2.09. The maximum atomic E-state index is 9.61. The second-order valence-corrected chi connectivity index (χ2v) is 3.42. The molecule has 0 spiro atoms. The van der Waals surface area contributed by atoms with Gasteiger partial charge in [0, 0.05) is 19.1 Å². The van der Waals surface area contributed by atoms with E-state index in [0.29, 0.717) is 6.04 Å². The van der Waals surface area contributed by atoms with Crippen LogP contribution >= 0.6 is 0 Å². The molecule has 0 aromatic rings. The molecule has 2 unspecified atom stereocenters. The maximum Gasteiger partial charge on any atom is 0.0831 e. The molecule has 72 valence electrons. The van der Waals surface area contributed by atoms with Gasteiger partial charge in [-0.2, -0.15) is 0 Å². The van der Waals surface area contributed by atoms with E-state index in [1.807, 2.05) is 0 Å². The molecule has 3 nitrogen and oxygen atoms in total. The third-order valence-electron chi connectivity index (χ3n) is 2.54. The van der Waals surface area contributed by atoms with Crippen LogP contribution in [0, 0.1) is 0 Å². The molecule has 1 aliphatic rings. The van der Waals surface area contributed by atoms with Crippen molar-refractivity contribution in [3.05, 3.63) is 0 Å². The number of aliphatic hydroxyl groups is 1. The van der Waals surface area contributed by atoms with E-state index in [1.54, 1.807) is 0 Å². The van der Waals surface area contributed by atoms with Gasteiger partial charge in [-0.05, 0) is 19.5 Å². The van der Waals surface area contributed by atoms with E-state index in [4.69, 9.17) is 0 Å². The lowest BCUT2D eigenvalue weighted by molar-refractivity contribution is 0.0864. The third-order valence-corrected chi connectivity index (χ3v) is 2.54. The Morgan fingerprint density at radius 2 is 2.17 bits per heavy atom. The minimum absolute atomic E-state index is 0.170. The topological polar surface area (TPSA) is 35.5 Å². The van der Waals surface area contributed by atoms with Crippen molar-refractivity contribution in [1.82, 2.24) is 10.2 Å². The van der Waals surface area contributed by atoms with Crippen molar-refractivity contribution in [3.8, 4) is 0 Å². The fourth-order valence-corrected chi connectivity index (χ4v) is 1.87. The van der Waals surface area contributed by atoms with E-state index in [1.165, 1.54) is 0 Å². The number of nitrogens with zero attached hydrogens (tertiary/aromatic N) is 1. The zero-order chi connectivity index (χ0) is 8.97. The summed E-state index contributed by atoms with van der Waals surface area (Å²) in [4.78, 5) is 2.35. The second-order valence-electron chi connectivity index (χ2n) is 3.42. The summed E-state index contributed by atoms with van der Waals surface area (Å²) in [6.07, 6.45) is 0.994. The molecule has 2 atom stereocenters. The Hall–Kier alpha value is -0.120. The van der Waals surface area contributed by atoms with Crippen molar-refractivity contribution in [2.45, 2.75) is 32.4 Å². The highest BCUT2D eigenvalue weighted by Gasteiger charge is 2.28. The lowest BCUT2D eigenvalue weighted by Gasteiger charge is -2.28. The molecule has 0 saturated carbocycles. The van der Waals surface area contributed by atoms with Gasteiger partial charge in [0.05, 0.1) is 6.10 Å². The van der Waals surface area contributed by atoms with E-state index >= 15 is 0 Å². The monoisotopic (exact) mass is 172 g/mol. The summed E-state index contributed by atoms with van der Waals surface area (Å²) in [6.45, 7) is 8.16. The summed E-state index contributed by atoms with van der Waals surface area (Å²) in [5.74, 6) is 0. The molecule has 2 N–H and O–H groups in total. The van der Waals surface area contributed by atoms with Crippen LogP contribution in [0.3, 0.4) is 0 Å². The van der Waals surface area contributed by atoms with Crippen molar-refractivity contribution < 1.29 is 5.11 Å². The normalized spacial score (nSPS) is 30.0. The molecule has 1 heterocycles. The number of hydrogen-bond donors (Lipinski definition) is 2. The van der Waals surface area contributed by atoms with Crippen LogP contribution in [-0.2, 0) is 0 Å². The molecular formula is C9H20N2O. The van der Waals surface area contributed by atoms with Gasteiger partial charge in [-0.3, -0.25) is 4.90 Å². The summed E-state index contributed by atoms with van der Waals surface area (Å²) >= 11 is 0. The van der Waals surface area contributed by atoms with Gasteiger partial charge in [-0.15, -0.1) is 0 Å². The Morgan fingerprint density at radius 1 is 1.42 bits per heavy atom. The molecule has 1 rings (SSSR count). The number of rotatable bonds is 4. The molecule has 0 aromatic carbocycles. The maximum absolute atomic E-state index is 9.61. The second kappa shape index (κ2) is 4.80. The highest BCUT2D eigenvalue weighted by atomic mass is 16.3. The number of β-amino-alcohol motifs (C(OH)–C–C–N with tert-alkyl or cyclic N) is 1. The van der Waals surface area contributed by atoms with Gasteiger partial charge < -0.3 is 10.4 Å². The Kier molecular flexibility index (Phi) is 3.98. The van der Waals surface area contributed by atoms with E-state index < -0.39 is 0 Å². The van der Waals surface area contributed by atoms with Gasteiger partial charge in [0.15, 0.2) is 0 Å². The molecule has 0 amide bonds.